The lowest BCUT2D eigenvalue weighted by Crippen LogP contribution is -2.44. The van der Waals surface area contributed by atoms with Gasteiger partial charge in [-0.25, -0.2) is 8.78 Å². The van der Waals surface area contributed by atoms with Crippen molar-refractivity contribution in [2.24, 2.45) is 10.9 Å². The average molecular weight is 582 g/mol. The lowest BCUT2D eigenvalue weighted by molar-refractivity contribution is 0.0664. The number of amides is 1. The van der Waals surface area contributed by atoms with Gasteiger partial charge >= 0.3 is 0 Å². The second-order valence-corrected chi connectivity index (χ2v) is 9.05. The molecule has 214 valence electrons. The Morgan fingerprint density at radius 2 is 1.90 bits per heavy atom. The number of halogens is 2. The van der Waals surface area contributed by atoms with Crippen LogP contribution in [-0.2, 0) is 24.1 Å². The van der Waals surface area contributed by atoms with Crippen LogP contribution in [0.1, 0.15) is 82.5 Å². The molecule has 3 aliphatic rings. The molecule has 3 aromatic carbocycles. The third-order valence-electron chi connectivity index (χ3n) is 6.17. The summed E-state index contributed by atoms with van der Waals surface area (Å²) in [5, 5.41) is 2.32. The predicted molar refractivity (Wildman–Crippen MR) is 157 cm³/mol. The van der Waals surface area contributed by atoms with Crippen molar-refractivity contribution in [3.63, 3.8) is 0 Å². The number of carbonyl (C=O) groups is 1. The normalized spacial score (nSPS) is 34.0. The van der Waals surface area contributed by atoms with Crippen molar-refractivity contribution in [2.45, 2.75) is 32.2 Å². The molecule has 0 bridgehead atoms. The number of rotatable bonds is 6. The zero-order valence-electron chi connectivity index (χ0n) is 44.1. The van der Waals surface area contributed by atoms with Crippen LogP contribution in [0.2, 0.25) is 0 Å². The number of ether oxygens (including phenoxy) is 1. The van der Waals surface area contributed by atoms with Gasteiger partial charge < -0.3 is 19.9 Å². The molecule has 0 unspecified atom stereocenters. The minimum Gasteiger partial charge on any atom is -0.381 e. The van der Waals surface area contributed by atoms with E-state index in [1.807, 2.05) is 0 Å². The fourth-order valence-corrected chi connectivity index (χ4v) is 4.25. The van der Waals surface area contributed by atoms with Crippen molar-refractivity contribution in [3.8, 4) is 0 Å². The molecule has 1 amide bonds. The van der Waals surface area contributed by atoms with Crippen LogP contribution in [0.3, 0.4) is 0 Å². The minimum atomic E-state index is -3.95. The molecule has 3 aliphatic heterocycles. The Morgan fingerprint density at radius 1 is 1.12 bits per heavy atom. The zero-order chi connectivity index (χ0) is 48.6. The average Bonchev–Trinajstić information content (AvgIpc) is 3.52. The number of piperazine rings is 1. The lowest BCUT2D eigenvalue weighted by Gasteiger charge is -2.34. The molecule has 3 heterocycles. The van der Waals surface area contributed by atoms with Gasteiger partial charge in [-0.05, 0) is 97.1 Å². The molecule has 8 heteroatoms. The molecule has 6 rings (SSSR count). The SMILES string of the molecule is [2H]c1cc(C(=O)NC2=NCc3c([2H])c([2H])c(C([2H])([2H])c4cc(F)c([2H])c(F)c4)c([2H])c32)c(CC2CC([2H])([2H])OC([2H])([2H])C2)c([2H])c1N1C([2H])([2H])C([2H])([2H])N(C([2H])([2H])[2H])C([2H])([2H])C1([2H])[2H]. The van der Waals surface area contributed by atoms with Gasteiger partial charge in [-0.1, -0.05) is 12.1 Å². The first-order valence-electron chi connectivity index (χ1n) is 23.7. The zero-order valence-corrected chi connectivity index (χ0v) is 21.1. The lowest BCUT2D eigenvalue weighted by atomic mass is 9.89. The maximum atomic E-state index is 14.4. The van der Waals surface area contributed by atoms with Crippen LogP contribution in [0.5, 0.6) is 0 Å². The van der Waals surface area contributed by atoms with Gasteiger partial charge in [-0.2, -0.15) is 0 Å². The van der Waals surface area contributed by atoms with E-state index in [4.69, 9.17) is 34.9 Å². The standard InChI is InChI=1S/C33H36F2N4O2/c1-38-8-10-39(11-9-38)29-4-5-30(26(19-29)15-22-6-12-41-13-7-22)33(40)37-32-31-18-23(2-3-25(31)21-36-32)14-24-16-27(34)20-28(35)17-24/h2-5,16-20,22H,6-15,21H2,1H3,(H,36,37,40)/i1D3,2D,3D,4D,8D2,9D2,10D2,11D2,12D2,13D2,14D2,18D,19D,20D. The monoisotopic (exact) mass is 581 g/mol. The van der Waals surface area contributed by atoms with Gasteiger partial charge in [0.05, 0.1) is 25.7 Å². The highest BCUT2D eigenvalue weighted by atomic mass is 19.1. The van der Waals surface area contributed by atoms with E-state index in [0.717, 1.165) is 0 Å². The van der Waals surface area contributed by atoms with Crippen LogP contribution >= 0.6 is 0 Å². The van der Waals surface area contributed by atoms with Gasteiger partial charge in [-0.15, -0.1) is 0 Å². The molecule has 3 aromatic rings. The highest BCUT2D eigenvalue weighted by Gasteiger charge is 2.24. The minimum absolute atomic E-state index is 0.183. The molecule has 0 aliphatic carbocycles. The Morgan fingerprint density at radius 3 is 2.66 bits per heavy atom. The summed E-state index contributed by atoms with van der Waals surface area (Å²) in [6.07, 6.45) is -4.96. The third kappa shape index (κ3) is 6.49. The highest BCUT2D eigenvalue weighted by Crippen LogP contribution is 2.28. The third-order valence-corrected chi connectivity index (χ3v) is 6.17. The number of aliphatic imine (C=N–C) groups is 1. The maximum absolute atomic E-state index is 14.4. The summed E-state index contributed by atoms with van der Waals surface area (Å²) in [5.74, 6) is -6.02. The molecule has 0 saturated carbocycles. The number of nitrogens with one attached hydrogen (secondary N) is 1. The summed E-state index contributed by atoms with van der Waals surface area (Å²) < 4.78 is 228. The van der Waals surface area contributed by atoms with Gasteiger partial charge in [-0.3, -0.25) is 9.79 Å². The summed E-state index contributed by atoms with van der Waals surface area (Å²) in [5.41, 5.74) is -4.79. The fourth-order valence-electron chi connectivity index (χ4n) is 4.25. The van der Waals surface area contributed by atoms with E-state index in [9.17, 15) is 14.9 Å². The van der Waals surface area contributed by atoms with Gasteiger partial charge in [0.15, 0.2) is 0 Å². The summed E-state index contributed by atoms with van der Waals surface area (Å²) in [4.78, 5) is 17.6. The van der Waals surface area contributed by atoms with E-state index < -0.39 is 182 Å². The molecule has 0 spiro atoms. The van der Waals surface area contributed by atoms with E-state index in [2.05, 4.69) is 10.3 Å². The summed E-state index contributed by atoms with van der Waals surface area (Å²) in [6.45, 7) is -25.4. The number of benzene rings is 3. The van der Waals surface area contributed by atoms with Crippen molar-refractivity contribution in [1.82, 2.24) is 10.2 Å². The highest BCUT2D eigenvalue weighted by molar-refractivity contribution is 6.14. The number of likely N-dealkylation sites (N-methyl/N-ethyl adjacent to an activating group) is 1. The number of nitrogens with zero attached hydrogens (tertiary/aromatic N) is 3. The van der Waals surface area contributed by atoms with E-state index in [0.29, 0.717) is 18.2 Å². The van der Waals surface area contributed by atoms with Gasteiger partial charge in [0.1, 0.15) is 17.5 Å². The predicted octanol–water partition coefficient (Wildman–Crippen LogP) is 4.97. The molecule has 1 N–H and O–H groups in total. The fraction of sp³-hybridized carbons (Fsp3) is 0.394. The van der Waals surface area contributed by atoms with Gasteiger partial charge in [0, 0.05) is 74.3 Å². The van der Waals surface area contributed by atoms with Crippen molar-refractivity contribution in [3.05, 3.63) is 99.5 Å². The molecule has 0 aromatic heterocycles. The van der Waals surface area contributed by atoms with E-state index >= 15 is 0 Å². The van der Waals surface area contributed by atoms with Crippen LogP contribution in [0, 0.1) is 17.6 Å². The number of anilines is 1. The van der Waals surface area contributed by atoms with E-state index in [1.165, 1.54) is 0 Å². The van der Waals surface area contributed by atoms with Crippen LogP contribution in [0.15, 0.2) is 59.4 Å². The van der Waals surface area contributed by atoms with Crippen molar-refractivity contribution in [1.29, 1.82) is 0 Å². The Kier molecular flexibility index (Phi) is 3.41. The Labute approximate surface area is 272 Å². The molecule has 0 atom stereocenters. The first-order chi connectivity index (χ1) is 28.8. The molecular formula is C33H36F2N4O2. The second kappa shape index (κ2) is 12.1. The van der Waals surface area contributed by atoms with E-state index in [-0.39, 0.29) is 10.5 Å². The Balaban J connectivity index is 1.52. The van der Waals surface area contributed by atoms with Gasteiger partial charge in [0.2, 0.25) is 0 Å². The van der Waals surface area contributed by atoms with Crippen LogP contribution < -0.4 is 10.2 Å². The number of fused-ring (bicyclic) bond motifs is 1. The quantitative estimate of drug-likeness (QED) is 0.447. The van der Waals surface area contributed by atoms with Crippen LogP contribution in [-0.4, -0.2) is 62.7 Å². The largest absolute Gasteiger partial charge is 0.381 e. The van der Waals surface area contributed by atoms with E-state index in [1.54, 1.807) is 0 Å². The van der Waals surface area contributed by atoms with Crippen molar-refractivity contribution >= 4 is 17.4 Å². The number of amidine groups is 1. The Bertz CT molecular complexity index is 2430. The first kappa shape index (κ1) is 11.6. The van der Waals surface area contributed by atoms with Crippen molar-refractivity contribution < 1.29 is 49.8 Å². The Hall–Kier alpha value is -3.62. The summed E-state index contributed by atoms with van der Waals surface area (Å²) in [6, 6.07) is -4.35. The maximum Gasteiger partial charge on any atom is 0.257 e. The number of carbonyl (C=O) groups excluding carboxylic acids is 1. The molecule has 0 radical (unpaired) electrons. The van der Waals surface area contributed by atoms with Crippen LogP contribution in [0.25, 0.3) is 0 Å². The molecule has 41 heavy (non-hydrogen) atoms. The summed E-state index contributed by atoms with van der Waals surface area (Å²) >= 11 is 0. The second-order valence-electron chi connectivity index (χ2n) is 9.05. The van der Waals surface area contributed by atoms with Crippen molar-refractivity contribution in [2.75, 3.05) is 51.0 Å². The van der Waals surface area contributed by atoms with Crippen LogP contribution in [0.4, 0.5) is 14.5 Å². The molecular weight excluding hydrogens is 522 g/mol. The number of hydrogen-bond donors (Lipinski definition) is 1. The summed E-state index contributed by atoms with van der Waals surface area (Å²) in [7, 11) is 0. The molecule has 6 nitrogen and oxygen atoms in total. The molecule has 2 saturated heterocycles. The first-order valence-corrected chi connectivity index (χ1v) is 12.2. The molecule has 2 fully saturated rings. The topological polar surface area (TPSA) is 57.2 Å². The van der Waals surface area contributed by atoms with Gasteiger partial charge in [0.25, 0.3) is 5.91 Å². The smallest absolute Gasteiger partial charge is 0.257 e. The number of hydrogen-bond acceptors (Lipinski definition) is 5.